The third-order valence-electron chi connectivity index (χ3n) is 6.06. The molecule has 4 rings (SSSR count). The molecule has 9 heteroatoms. The Kier molecular flexibility index (Phi) is 7.52. The molecule has 0 saturated carbocycles. The third-order valence-corrected chi connectivity index (χ3v) is 6.66. The van der Waals surface area contributed by atoms with Crippen LogP contribution in [0.4, 0.5) is 13.2 Å². The minimum atomic E-state index is -5.03. The number of phenolic OH excluding ortho intramolecular Hbond substituents is 1. The molecule has 1 heterocycles. The molecule has 0 amide bonds. The van der Waals surface area contributed by atoms with Gasteiger partial charge in [-0.1, -0.05) is 48.9 Å². The number of hydrogen-bond donors (Lipinski definition) is 1. The average molecular weight is 532 g/mol. The van der Waals surface area contributed by atoms with Crippen LogP contribution >= 0.6 is 11.6 Å². The van der Waals surface area contributed by atoms with Gasteiger partial charge in [-0.25, -0.2) is 0 Å². The van der Waals surface area contributed by atoms with Crippen LogP contribution in [-0.4, -0.2) is 16.6 Å². The molecule has 0 aliphatic carbocycles. The van der Waals surface area contributed by atoms with Crippen molar-refractivity contribution >= 4 is 22.6 Å². The third kappa shape index (κ3) is 5.60. The highest BCUT2D eigenvalue weighted by molar-refractivity contribution is 6.32. The fraction of sp³-hybridized carbons (Fsp3) is 0.250. The molecule has 0 aliphatic rings. The van der Waals surface area contributed by atoms with E-state index >= 15 is 0 Å². The number of alkyl halides is 3. The fourth-order valence-electron chi connectivity index (χ4n) is 4.15. The van der Waals surface area contributed by atoms with Crippen LogP contribution in [0.5, 0.6) is 17.2 Å². The molecule has 3 aromatic carbocycles. The quantitative estimate of drug-likeness (QED) is 0.266. The zero-order chi connectivity index (χ0) is 26.9. The van der Waals surface area contributed by atoms with Gasteiger partial charge >= 0.3 is 6.18 Å². The van der Waals surface area contributed by atoms with E-state index in [9.17, 15) is 23.1 Å². The monoisotopic (exact) mass is 531 g/mol. The number of phenols is 1. The summed E-state index contributed by atoms with van der Waals surface area (Å²) in [5, 5.41) is 10.9. The molecule has 194 valence electrons. The Labute approximate surface area is 216 Å². The van der Waals surface area contributed by atoms with Crippen molar-refractivity contribution in [2.45, 2.75) is 40.0 Å². The SMILES string of the molecule is CCN(Cc1ccccc1)Cc1c(O)ccc2c(=O)c(Oc3cc(C)c(Cl)c(C)c3)c(C(F)(F)F)oc12. The number of rotatable bonds is 7. The average Bonchev–Trinajstić information content (AvgIpc) is 2.85. The van der Waals surface area contributed by atoms with Gasteiger partial charge in [0, 0.05) is 18.1 Å². The van der Waals surface area contributed by atoms with Gasteiger partial charge in [-0.3, -0.25) is 9.69 Å². The summed E-state index contributed by atoms with van der Waals surface area (Å²) < 4.78 is 53.2. The summed E-state index contributed by atoms with van der Waals surface area (Å²) >= 11 is 6.16. The molecule has 0 saturated heterocycles. The van der Waals surface area contributed by atoms with Gasteiger partial charge in [-0.2, -0.15) is 13.2 Å². The first kappa shape index (κ1) is 26.6. The number of benzene rings is 3. The first-order valence-corrected chi connectivity index (χ1v) is 12.0. The van der Waals surface area contributed by atoms with E-state index in [0.29, 0.717) is 29.2 Å². The van der Waals surface area contributed by atoms with E-state index in [1.807, 2.05) is 42.2 Å². The van der Waals surface area contributed by atoms with Crippen molar-refractivity contribution < 1.29 is 27.4 Å². The number of nitrogens with zero attached hydrogens (tertiary/aromatic N) is 1. The predicted molar refractivity (Wildman–Crippen MR) is 136 cm³/mol. The molecule has 0 unspecified atom stereocenters. The highest BCUT2D eigenvalue weighted by Crippen LogP contribution is 2.40. The lowest BCUT2D eigenvalue weighted by Gasteiger charge is -2.22. The first-order valence-electron chi connectivity index (χ1n) is 11.6. The van der Waals surface area contributed by atoms with E-state index in [-0.39, 0.29) is 34.6 Å². The summed E-state index contributed by atoms with van der Waals surface area (Å²) in [7, 11) is 0. The van der Waals surface area contributed by atoms with Gasteiger partial charge in [0.15, 0.2) is 0 Å². The smallest absolute Gasteiger partial charge is 0.453 e. The molecule has 0 bridgehead atoms. The summed E-state index contributed by atoms with van der Waals surface area (Å²) in [5.41, 5.74) is 0.917. The summed E-state index contributed by atoms with van der Waals surface area (Å²) in [6, 6.07) is 14.9. The van der Waals surface area contributed by atoms with Crippen molar-refractivity contribution in [3.05, 3.63) is 97.9 Å². The summed E-state index contributed by atoms with van der Waals surface area (Å²) in [5.74, 6) is -2.80. The molecule has 0 atom stereocenters. The minimum absolute atomic E-state index is 0.0237. The number of halogens is 4. The number of aromatic hydroxyl groups is 1. The second-order valence-electron chi connectivity index (χ2n) is 8.79. The van der Waals surface area contributed by atoms with Gasteiger partial charge in [-0.05, 0) is 61.3 Å². The van der Waals surface area contributed by atoms with Gasteiger partial charge in [-0.15, -0.1) is 0 Å². The topological polar surface area (TPSA) is 62.9 Å². The van der Waals surface area contributed by atoms with Crippen molar-refractivity contribution in [3.63, 3.8) is 0 Å². The van der Waals surface area contributed by atoms with E-state index in [0.717, 1.165) is 5.56 Å². The summed E-state index contributed by atoms with van der Waals surface area (Å²) in [4.78, 5) is 15.3. The van der Waals surface area contributed by atoms with E-state index in [1.165, 1.54) is 24.3 Å². The standard InChI is InChI=1S/C28H25ClF3NO4/c1-4-33(14-18-8-6-5-7-9-18)15-21-22(34)11-10-20-24(35)26(27(28(30,31)32)37-25(20)21)36-19-12-16(2)23(29)17(3)13-19/h5-13,34H,4,14-15H2,1-3H3. The molecule has 4 aromatic rings. The maximum atomic E-state index is 14.1. The van der Waals surface area contributed by atoms with Crippen LogP contribution in [0.1, 0.15) is 34.9 Å². The predicted octanol–water partition coefficient (Wildman–Crippen LogP) is 7.60. The van der Waals surface area contributed by atoms with Crippen LogP contribution in [0.3, 0.4) is 0 Å². The highest BCUT2D eigenvalue weighted by atomic mass is 35.5. The number of fused-ring (bicyclic) bond motifs is 1. The second-order valence-corrected chi connectivity index (χ2v) is 9.17. The Bertz CT molecular complexity index is 1480. The van der Waals surface area contributed by atoms with E-state index in [2.05, 4.69) is 0 Å². The molecule has 0 aliphatic heterocycles. The fourth-order valence-corrected chi connectivity index (χ4v) is 4.26. The molecule has 1 aromatic heterocycles. The molecule has 5 nitrogen and oxygen atoms in total. The Morgan fingerprint density at radius 3 is 2.27 bits per heavy atom. The van der Waals surface area contributed by atoms with E-state index in [4.69, 9.17) is 20.8 Å². The van der Waals surface area contributed by atoms with Crippen molar-refractivity contribution in [3.8, 4) is 17.2 Å². The van der Waals surface area contributed by atoms with E-state index < -0.39 is 23.1 Å². The lowest BCUT2D eigenvalue weighted by Crippen LogP contribution is -2.23. The van der Waals surface area contributed by atoms with E-state index in [1.54, 1.807) is 13.8 Å². The van der Waals surface area contributed by atoms with Crippen LogP contribution in [-0.2, 0) is 19.3 Å². The van der Waals surface area contributed by atoms with Crippen molar-refractivity contribution in [2.75, 3.05) is 6.54 Å². The number of aryl methyl sites for hydroxylation is 2. The largest absolute Gasteiger partial charge is 0.507 e. The van der Waals surface area contributed by atoms with Crippen molar-refractivity contribution in [1.29, 1.82) is 0 Å². The highest BCUT2D eigenvalue weighted by Gasteiger charge is 2.41. The molecule has 1 N–H and O–H groups in total. The number of ether oxygens (including phenoxy) is 1. The summed E-state index contributed by atoms with van der Waals surface area (Å²) in [6.07, 6.45) is -5.03. The van der Waals surface area contributed by atoms with Crippen LogP contribution in [0.2, 0.25) is 5.02 Å². The van der Waals surface area contributed by atoms with Gasteiger partial charge in [0.2, 0.25) is 11.2 Å². The zero-order valence-corrected chi connectivity index (χ0v) is 21.2. The first-order chi connectivity index (χ1) is 17.5. The van der Waals surface area contributed by atoms with Gasteiger partial charge in [0.25, 0.3) is 5.76 Å². The van der Waals surface area contributed by atoms with Gasteiger partial charge in [0.05, 0.1) is 10.9 Å². The Morgan fingerprint density at radius 2 is 1.68 bits per heavy atom. The van der Waals surface area contributed by atoms with Crippen LogP contribution in [0, 0.1) is 13.8 Å². The molecular weight excluding hydrogens is 507 g/mol. The zero-order valence-electron chi connectivity index (χ0n) is 20.4. The maximum absolute atomic E-state index is 14.1. The molecule has 37 heavy (non-hydrogen) atoms. The molecule has 0 spiro atoms. The van der Waals surface area contributed by atoms with Crippen LogP contribution < -0.4 is 10.2 Å². The Morgan fingerprint density at radius 1 is 1.03 bits per heavy atom. The number of hydrogen-bond acceptors (Lipinski definition) is 5. The Hall–Kier alpha value is -3.49. The van der Waals surface area contributed by atoms with Gasteiger partial charge in [0.1, 0.15) is 17.1 Å². The minimum Gasteiger partial charge on any atom is -0.507 e. The second kappa shape index (κ2) is 10.5. The van der Waals surface area contributed by atoms with Crippen molar-refractivity contribution in [2.24, 2.45) is 0 Å². The normalized spacial score (nSPS) is 11.9. The maximum Gasteiger partial charge on any atom is 0.453 e. The lowest BCUT2D eigenvalue weighted by molar-refractivity contribution is -0.154. The van der Waals surface area contributed by atoms with Crippen LogP contribution in [0.25, 0.3) is 11.0 Å². The molecular formula is C28H25ClF3NO4. The lowest BCUT2D eigenvalue weighted by atomic mass is 10.1. The summed E-state index contributed by atoms with van der Waals surface area (Å²) in [6.45, 7) is 6.34. The Balaban J connectivity index is 1.84. The van der Waals surface area contributed by atoms with Gasteiger partial charge < -0.3 is 14.3 Å². The van der Waals surface area contributed by atoms with Crippen molar-refractivity contribution in [1.82, 2.24) is 4.90 Å². The molecule has 0 fully saturated rings. The van der Waals surface area contributed by atoms with Crippen LogP contribution in [0.15, 0.2) is 63.8 Å². The molecule has 0 radical (unpaired) electrons.